The van der Waals surface area contributed by atoms with Crippen molar-refractivity contribution in [3.63, 3.8) is 0 Å². The maximum atomic E-state index is 13.8. The van der Waals surface area contributed by atoms with Gasteiger partial charge in [-0.15, -0.1) is 11.8 Å². The van der Waals surface area contributed by atoms with Crippen LogP contribution < -0.4 is 14.9 Å². The van der Waals surface area contributed by atoms with E-state index in [4.69, 9.17) is 16.3 Å². The van der Waals surface area contributed by atoms with Gasteiger partial charge in [0.15, 0.2) is 5.82 Å². The molecule has 1 atom stereocenters. The number of rotatable bonds is 16. The molecule has 0 saturated carbocycles. The van der Waals surface area contributed by atoms with Crippen molar-refractivity contribution >= 4 is 72.7 Å². The second-order valence-corrected chi connectivity index (χ2v) is 18.9. The molecule has 61 heavy (non-hydrogen) atoms. The van der Waals surface area contributed by atoms with Crippen LogP contribution in [0.25, 0.3) is 16.5 Å². The molecular weight excluding hydrogens is 832 g/mol. The molecule has 320 valence electrons. The van der Waals surface area contributed by atoms with Gasteiger partial charge in [-0.05, 0) is 97.8 Å². The first kappa shape index (κ1) is 42.9. The van der Waals surface area contributed by atoms with Crippen molar-refractivity contribution in [1.29, 1.82) is 0 Å². The summed E-state index contributed by atoms with van der Waals surface area (Å²) in [6.45, 7) is 8.36. The third-order valence-electron chi connectivity index (χ3n) is 11.7. The number of nitrogens with zero attached hydrogens (tertiary/aromatic N) is 6. The number of benzene rings is 4. The molecule has 5 aromatic rings. The zero-order valence-electron chi connectivity index (χ0n) is 34.0. The molecule has 1 aliphatic carbocycles. The Hall–Kier alpha value is -4.77. The van der Waals surface area contributed by atoms with Gasteiger partial charge < -0.3 is 15.0 Å². The number of fused-ring (bicyclic) bond motifs is 1. The van der Waals surface area contributed by atoms with Crippen molar-refractivity contribution in [3.8, 4) is 0 Å². The molecule has 0 spiro atoms. The summed E-state index contributed by atoms with van der Waals surface area (Å²) in [5, 5.41) is 17.1. The van der Waals surface area contributed by atoms with E-state index in [1.807, 2.05) is 60.7 Å². The van der Waals surface area contributed by atoms with E-state index < -0.39 is 14.9 Å². The summed E-state index contributed by atoms with van der Waals surface area (Å²) in [6, 6.07) is 27.9. The van der Waals surface area contributed by atoms with Gasteiger partial charge in [0, 0.05) is 91.2 Å². The first-order valence-electron chi connectivity index (χ1n) is 20.9. The van der Waals surface area contributed by atoms with Crippen LogP contribution in [0.2, 0.25) is 5.02 Å². The van der Waals surface area contributed by atoms with Gasteiger partial charge in [-0.3, -0.25) is 24.6 Å². The molecule has 4 aromatic carbocycles. The maximum Gasteiger partial charge on any atom is 0.293 e. The Labute approximate surface area is 366 Å². The van der Waals surface area contributed by atoms with Crippen LogP contribution in [0.4, 0.5) is 22.9 Å². The van der Waals surface area contributed by atoms with E-state index in [9.17, 15) is 18.5 Å². The molecule has 0 radical (unpaired) electrons. The number of nitro benzene ring substituents is 1. The minimum atomic E-state index is -4.27. The summed E-state index contributed by atoms with van der Waals surface area (Å²) >= 11 is 7.85. The van der Waals surface area contributed by atoms with Crippen molar-refractivity contribution in [3.05, 3.63) is 124 Å². The number of anilines is 3. The quantitative estimate of drug-likeness (QED) is 0.0557. The average Bonchev–Trinajstić information content (AvgIpc) is 3.28. The van der Waals surface area contributed by atoms with Gasteiger partial charge in [-0.25, -0.2) is 18.4 Å². The summed E-state index contributed by atoms with van der Waals surface area (Å²) in [7, 11) is -4.27. The molecule has 16 heteroatoms. The first-order valence-corrected chi connectivity index (χ1v) is 23.8. The summed E-state index contributed by atoms with van der Waals surface area (Å²) in [4.78, 5) is 28.7. The summed E-state index contributed by atoms with van der Waals surface area (Å²) < 4.78 is 35.8. The topological polar surface area (TPSA) is 146 Å². The number of aromatic nitrogens is 2. The molecule has 1 aromatic heterocycles. The van der Waals surface area contributed by atoms with Gasteiger partial charge in [0.05, 0.1) is 28.5 Å². The second kappa shape index (κ2) is 20.0. The Morgan fingerprint density at radius 2 is 1.64 bits per heavy atom. The Balaban J connectivity index is 0.933. The number of piperazine rings is 1. The lowest BCUT2D eigenvalue weighted by atomic mass is 9.87. The third kappa shape index (κ3) is 11.0. The lowest BCUT2D eigenvalue weighted by Crippen LogP contribution is -2.47. The molecule has 0 amide bonds. The molecule has 3 aliphatic rings. The van der Waals surface area contributed by atoms with E-state index in [-0.39, 0.29) is 28.1 Å². The first-order chi connectivity index (χ1) is 29.7. The summed E-state index contributed by atoms with van der Waals surface area (Å²) in [6.07, 6.45) is 6.73. The van der Waals surface area contributed by atoms with Crippen molar-refractivity contribution in [2.24, 2.45) is 0 Å². The molecule has 8 rings (SSSR count). The molecule has 0 bridgehead atoms. The number of hydrogen-bond donors (Lipinski definition) is 2. The fourth-order valence-electron chi connectivity index (χ4n) is 8.33. The highest BCUT2D eigenvalue weighted by Crippen LogP contribution is 2.35. The molecule has 1 unspecified atom stereocenters. The summed E-state index contributed by atoms with van der Waals surface area (Å²) in [5.74, 6) is 0.765. The highest BCUT2D eigenvalue weighted by Gasteiger charge is 2.26. The number of morpholine rings is 1. The van der Waals surface area contributed by atoms with Gasteiger partial charge in [-0.1, -0.05) is 47.5 Å². The van der Waals surface area contributed by atoms with E-state index in [0.717, 1.165) is 93.3 Å². The molecular formula is C45H51ClN8O5S2. The largest absolute Gasteiger partial charge is 0.379 e. The number of halogens is 1. The maximum absolute atomic E-state index is 13.8. The molecule has 3 heterocycles. The minimum absolute atomic E-state index is 0.101. The standard InChI is InChI=1S/C45H51ClN8O5S2/c46-35-12-10-33(11-13-35)40-9-5-4-6-34(40)30-52-20-22-53(23-21-52)37-14-16-41-43(28-37)47-32-48-45(41)50-61(57,58)39-15-17-42(44(29-39)54(55)56)49-36(18-19-51-24-26-59-27-25-51)31-60-38-7-2-1-3-8-38/h1-3,7-8,10-17,28-29,32,36,49H,4-6,9,18-27,30-31H2,(H,47,48,50). The predicted octanol–water partition coefficient (Wildman–Crippen LogP) is 8.44. The molecule has 2 aliphatic heterocycles. The third-order valence-corrected chi connectivity index (χ3v) is 14.5. The zero-order valence-corrected chi connectivity index (χ0v) is 36.4. The minimum Gasteiger partial charge on any atom is -0.379 e. The van der Waals surface area contributed by atoms with Gasteiger partial charge in [0.2, 0.25) is 0 Å². The van der Waals surface area contributed by atoms with Crippen molar-refractivity contribution in [1.82, 2.24) is 19.8 Å². The monoisotopic (exact) mass is 882 g/mol. The van der Waals surface area contributed by atoms with Crippen LogP contribution in [-0.4, -0.2) is 110 Å². The van der Waals surface area contributed by atoms with Gasteiger partial charge in [0.1, 0.15) is 12.0 Å². The molecule has 2 fully saturated rings. The van der Waals surface area contributed by atoms with E-state index in [2.05, 4.69) is 46.8 Å². The van der Waals surface area contributed by atoms with Crippen LogP contribution in [-0.2, 0) is 14.8 Å². The number of hydrogen-bond acceptors (Lipinski definition) is 12. The zero-order chi connectivity index (χ0) is 42.2. The average molecular weight is 884 g/mol. The molecule has 13 nitrogen and oxygen atoms in total. The van der Waals surface area contributed by atoms with Crippen LogP contribution in [0.15, 0.2) is 113 Å². The second-order valence-electron chi connectivity index (χ2n) is 15.7. The number of allylic oxidation sites excluding steroid dienone is 1. The van der Waals surface area contributed by atoms with E-state index in [1.54, 1.807) is 11.8 Å². The highest BCUT2D eigenvalue weighted by atomic mass is 35.5. The molecule has 2 N–H and O–H groups in total. The number of nitrogens with one attached hydrogen (secondary N) is 2. The Kier molecular flexibility index (Phi) is 14.0. The van der Waals surface area contributed by atoms with Crippen molar-refractivity contribution in [2.75, 3.05) is 86.3 Å². The van der Waals surface area contributed by atoms with Crippen LogP contribution in [0.5, 0.6) is 0 Å². The predicted molar refractivity (Wildman–Crippen MR) is 245 cm³/mol. The normalized spacial score (nSPS) is 17.4. The number of thioether (sulfide) groups is 1. The fourth-order valence-corrected chi connectivity index (χ4v) is 10.5. The van der Waals surface area contributed by atoms with Crippen LogP contribution in [0.1, 0.15) is 37.7 Å². The number of ether oxygens (including phenoxy) is 1. The van der Waals surface area contributed by atoms with Crippen LogP contribution >= 0.6 is 23.4 Å². The van der Waals surface area contributed by atoms with Gasteiger partial charge >= 0.3 is 0 Å². The molecule has 2 saturated heterocycles. The Bertz CT molecular complexity index is 2450. The highest BCUT2D eigenvalue weighted by molar-refractivity contribution is 7.99. The van der Waals surface area contributed by atoms with Gasteiger partial charge in [-0.2, -0.15) is 0 Å². The number of nitro groups is 1. The lowest BCUT2D eigenvalue weighted by molar-refractivity contribution is -0.384. The Morgan fingerprint density at radius 1 is 0.869 bits per heavy atom. The Morgan fingerprint density at radius 3 is 2.41 bits per heavy atom. The lowest BCUT2D eigenvalue weighted by Gasteiger charge is -2.37. The number of sulfonamides is 1. The van der Waals surface area contributed by atoms with Crippen molar-refractivity contribution < 1.29 is 18.1 Å². The van der Waals surface area contributed by atoms with Crippen LogP contribution in [0.3, 0.4) is 0 Å². The van der Waals surface area contributed by atoms with E-state index in [1.165, 1.54) is 48.0 Å². The van der Waals surface area contributed by atoms with E-state index >= 15 is 0 Å². The smallest absolute Gasteiger partial charge is 0.293 e. The van der Waals surface area contributed by atoms with Gasteiger partial charge in [0.25, 0.3) is 15.7 Å². The van der Waals surface area contributed by atoms with Crippen molar-refractivity contribution in [2.45, 2.75) is 47.9 Å². The van der Waals surface area contributed by atoms with E-state index in [0.29, 0.717) is 29.9 Å². The van der Waals surface area contributed by atoms with Crippen LogP contribution in [0, 0.1) is 10.1 Å². The fraction of sp³-hybridized carbons (Fsp3) is 0.378. The summed E-state index contributed by atoms with van der Waals surface area (Å²) in [5.41, 5.74) is 5.80. The SMILES string of the molecule is O=[N+]([O-])c1cc(S(=O)(=O)Nc2ncnc3cc(N4CCN(CC5=C(c6ccc(Cl)cc6)CCCC5)CC4)ccc23)ccc1NC(CCN1CCOCC1)CSc1ccccc1.